The van der Waals surface area contributed by atoms with Crippen molar-refractivity contribution in [2.75, 3.05) is 12.4 Å². The summed E-state index contributed by atoms with van der Waals surface area (Å²) in [5.41, 5.74) is 2.12. The molecule has 0 saturated heterocycles. The Morgan fingerprint density at radius 3 is 2.71 bits per heavy atom. The number of carbonyl (C=O) groups is 1. The van der Waals surface area contributed by atoms with Gasteiger partial charge in [0, 0.05) is 18.8 Å². The van der Waals surface area contributed by atoms with Gasteiger partial charge in [-0.05, 0) is 25.0 Å². The lowest BCUT2D eigenvalue weighted by Gasteiger charge is -2.17. The Bertz CT molecular complexity index is 363. The van der Waals surface area contributed by atoms with Gasteiger partial charge >= 0.3 is 0 Å². The summed E-state index contributed by atoms with van der Waals surface area (Å²) in [6.45, 7) is 4.34. The van der Waals surface area contributed by atoms with E-state index in [1.807, 2.05) is 24.3 Å². The molecule has 0 heterocycles. The second kappa shape index (κ2) is 6.94. The lowest BCUT2D eigenvalue weighted by Crippen LogP contribution is -2.22. The van der Waals surface area contributed by atoms with Crippen molar-refractivity contribution in [1.29, 1.82) is 0 Å². The van der Waals surface area contributed by atoms with Gasteiger partial charge in [0.2, 0.25) is 5.91 Å². The first kappa shape index (κ1) is 13.6. The van der Waals surface area contributed by atoms with Crippen LogP contribution in [0.5, 0.6) is 0 Å². The van der Waals surface area contributed by atoms with Gasteiger partial charge in [-0.15, -0.1) is 0 Å². The fourth-order valence-electron chi connectivity index (χ4n) is 1.85. The zero-order valence-corrected chi connectivity index (χ0v) is 10.9. The molecule has 1 amide bonds. The van der Waals surface area contributed by atoms with E-state index in [2.05, 4.69) is 24.5 Å². The van der Waals surface area contributed by atoms with E-state index in [-0.39, 0.29) is 5.91 Å². The maximum atomic E-state index is 11.4. The molecule has 0 spiro atoms. The Kier molecular flexibility index (Phi) is 5.53. The van der Waals surface area contributed by atoms with Crippen molar-refractivity contribution >= 4 is 11.6 Å². The minimum Gasteiger partial charge on any atom is -0.382 e. The van der Waals surface area contributed by atoms with E-state index in [0.29, 0.717) is 12.5 Å². The summed E-state index contributed by atoms with van der Waals surface area (Å²) in [6.07, 6.45) is 2.72. The van der Waals surface area contributed by atoms with Gasteiger partial charge in [-0.3, -0.25) is 4.79 Å². The highest BCUT2D eigenvalue weighted by Gasteiger charge is 2.08. The summed E-state index contributed by atoms with van der Waals surface area (Å²) >= 11 is 0. The summed E-state index contributed by atoms with van der Waals surface area (Å²) < 4.78 is 0. The molecule has 1 aromatic carbocycles. The van der Waals surface area contributed by atoms with Crippen LogP contribution in [0.1, 0.15) is 32.3 Å². The largest absolute Gasteiger partial charge is 0.382 e. The SMILES string of the molecule is CCCC(C)Nc1ccccc1CC(=O)NC. The van der Waals surface area contributed by atoms with Gasteiger partial charge in [-0.2, -0.15) is 0 Å². The summed E-state index contributed by atoms with van der Waals surface area (Å²) in [6, 6.07) is 8.43. The maximum Gasteiger partial charge on any atom is 0.224 e. The van der Waals surface area contributed by atoms with E-state index in [0.717, 1.165) is 24.1 Å². The van der Waals surface area contributed by atoms with Gasteiger partial charge in [-0.25, -0.2) is 0 Å². The Balaban J connectivity index is 2.73. The standard InChI is InChI=1S/C14H22N2O/c1-4-7-11(2)16-13-9-6-5-8-12(13)10-14(17)15-3/h5-6,8-9,11,16H,4,7,10H2,1-3H3,(H,15,17). The molecule has 0 aliphatic rings. The minimum absolute atomic E-state index is 0.0439. The van der Waals surface area contributed by atoms with Crippen LogP contribution in [0, 0.1) is 0 Å². The van der Waals surface area contributed by atoms with Crippen molar-refractivity contribution < 1.29 is 4.79 Å². The van der Waals surface area contributed by atoms with Crippen LogP contribution in [-0.4, -0.2) is 19.0 Å². The Morgan fingerprint density at radius 1 is 1.35 bits per heavy atom. The second-order valence-electron chi connectivity index (χ2n) is 4.34. The highest BCUT2D eigenvalue weighted by molar-refractivity contribution is 5.80. The Hall–Kier alpha value is -1.51. The maximum absolute atomic E-state index is 11.4. The van der Waals surface area contributed by atoms with Crippen LogP contribution in [0.3, 0.4) is 0 Å². The molecule has 0 fully saturated rings. The van der Waals surface area contributed by atoms with Crippen LogP contribution >= 0.6 is 0 Å². The summed E-state index contributed by atoms with van der Waals surface area (Å²) in [7, 11) is 1.66. The first-order valence-electron chi connectivity index (χ1n) is 6.22. The lowest BCUT2D eigenvalue weighted by molar-refractivity contribution is -0.119. The fourth-order valence-corrected chi connectivity index (χ4v) is 1.85. The van der Waals surface area contributed by atoms with Crippen LogP contribution in [0.15, 0.2) is 24.3 Å². The number of nitrogens with one attached hydrogen (secondary N) is 2. The van der Waals surface area contributed by atoms with Crippen LogP contribution in [0.25, 0.3) is 0 Å². The molecule has 2 N–H and O–H groups in total. The molecule has 0 aliphatic heterocycles. The third kappa shape index (κ3) is 4.47. The van der Waals surface area contributed by atoms with E-state index in [4.69, 9.17) is 0 Å². The summed E-state index contributed by atoms with van der Waals surface area (Å²) in [5.74, 6) is 0.0439. The number of anilines is 1. The van der Waals surface area contributed by atoms with E-state index in [1.54, 1.807) is 7.05 Å². The van der Waals surface area contributed by atoms with Crippen molar-refractivity contribution in [2.24, 2.45) is 0 Å². The van der Waals surface area contributed by atoms with Crippen molar-refractivity contribution in [2.45, 2.75) is 39.2 Å². The monoisotopic (exact) mass is 234 g/mol. The highest BCUT2D eigenvalue weighted by atomic mass is 16.1. The molecule has 1 atom stereocenters. The number of rotatable bonds is 6. The van der Waals surface area contributed by atoms with E-state index >= 15 is 0 Å². The quantitative estimate of drug-likeness (QED) is 0.794. The Labute approximate surface area is 104 Å². The molecule has 0 aromatic heterocycles. The van der Waals surface area contributed by atoms with E-state index in [9.17, 15) is 4.79 Å². The predicted octanol–water partition coefficient (Wildman–Crippen LogP) is 2.58. The average Bonchev–Trinajstić information content (AvgIpc) is 2.31. The van der Waals surface area contributed by atoms with Gasteiger partial charge in [0.1, 0.15) is 0 Å². The van der Waals surface area contributed by atoms with Gasteiger partial charge in [-0.1, -0.05) is 31.5 Å². The molecule has 1 aromatic rings. The first-order chi connectivity index (χ1) is 8.17. The topological polar surface area (TPSA) is 41.1 Å². The van der Waals surface area contributed by atoms with Crippen LogP contribution in [-0.2, 0) is 11.2 Å². The molecular weight excluding hydrogens is 212 g/mol. The molecular formula is C14H22N2O. The minimum atomic E-state index is 0.0439. The normalized spacial score (nSPS) is 11.9. The highest BCUT2D eigenvalue weighted by Crippen LogP contribution is 2.17. The molecule has 1 rings (SSSR count). The molecule has 3 nitrogen and oxygen atoms in total. The van der Waals surface area contributed by atoms with Crippen LogP contribution in [0.2, 0.25) is 0 Å². The van der Waals surface area contributed by atoms with Crippen molar-refractivity contribution in [3.63, 3.8) is 0 Å². The number of benzene rings is 1. The number of carbonyl (C=O) groups excluding carboxylic acids is 1. The van der Waals surface area contributed by atoms with Crippen molar-refractivity contribution in [1.82, 2.24) is 5.32 Å². The van der Waals surface area contributed by atoms with Gasteiger partial charge in [0.05, 0.1) is 6.42 Å². The second-order valence-corrected chi connectivity index (χ2v) is 4.34. The summed E-state index contributed by atoms with van der Waals surface area (Å²) in [4.78, 5) is 11.4. The Morgan fingerprint density at radius 2 is 2.06 bits per heavy atom. The third-order valence-electron chi connectivity index (χ3n) is 2.77. The molecule has 94 valence electrons. The van der Waals surface area contributed by atoms with Crippen molar-refractivity contribution in [3.8, 4) is 0 Å². The lowest BCUT2D eigenvalue weighted by atomic mass is 10.1. The number of para-hydroxylation sites is 1. The smallest absolute Gasteiger partial charge is 0.224 e. The number of hydrogen-bond donors (Lipinski definition) is 2. The van der Waals surface area contributed by atoms with Crippen LogP contribution < -0.4 is 10.6 Å². The molecule has 0 bridgehead atoms. The van der Waals surface area contributed by atoms with Gasteiger partial charge in [0.15, 0.2) is 0 Å². The van der Waals surface area contributed by atoms with E-state index in [1.165, 1.54) is 0 Å². The fraction of sp³-hybridized carbons (Fsp3) is 0.500. The molecule has 0 radical (unpaired) electrons. The molecule has 17 heavy (non-hydrogen) atoms. The average molecular weight is 234 g/mol. The first-order valence-corrected chi connectivity index (χ1v) is 6.22. The zero-order valence-electron chi connectivity index (χ0n) is 10.9. The molecule has 0 saturated carbocycles. The summed E-state index contributed by atoms with van der Waals surface area (Å²) in [5, 5.41) is 6.11. The van der Waals surface area contributed by atoms with Gasteiger partial charge < -0.3 is 10.6 Å². The van der Waals surface area contributed by atoms with E-state index < -0.39 is 0 Å². The number of likely N-dealkylation sites (N-methyl/N-ethyl adjacent to an activating group) is 1. The third-order valence-corrected chi connectivity index (χ3v) is 2.77. The zero-order chi connectivity index (χ0) is 12.7. The molecule has 0 aliphatic carbocycles. The predicted molar refractivity (Wildman–Crippen MR) is 72.2 cm³/mol. The molecule has 3 heteroatoms. The number of hydrogen-bond acceptors (Lipinski definition) is 2. The van der Waals surface area contributed by atoms with Crippen molar-refractivity contribution in [3.05, 3.63) is 29.8 Å². The number of amides is 1. The molecule has 1 unspecified atom stereocenters. The van der Waals surface area contributed by atoms with Gasteiger partial charge in [0.25, 0.3) is 0 Å². The van der Waals surface area contributed by atoms with Crippen LogP contribution in [0.4, 0.5) is 5.69 Å².